The minimum atomic E-state index is -10.7. The van der Waals surface area contributed by atoms with E-state index >= 15 is 0 Å². The molecule has 0 aliphatic rings. The van der Waals surface area contributed by atoms with Gasteiger partial charge in [-0.1, -0.05) is 30.3 Å². The quantitative estimate of drug-likeness (QED) is 0.0687. The SMILES string of the molecule is CC(C)=O.CCOC(=O)c1cc(-c2ccccn2)nc(-c2ccccn2)c1.F[P-](F)(F)(F)(F)F.F[P-](F)(F)(F)(F)F.O.[Ru+2].c1ccc(-c2cccc(-c3ccccn3)n2)nc1. The van der Waals surface area contributed by atoms with Crippen LogP contribution in [0.5, 0.6) is 0 Å². The number of carbonyl (C=O) groups excluding carboxylic acids is 2. The molecule has 61 heavy (non-hydrogen) atoms. The van der Waals surface area contributed by atoms with Gasteiger partial charge in [-0.05, 0) is 93.6 Å². The average Bonchev–Trinajstić information content (AvgIpc) is 3.14. The molecule has 334 valence electrons. The number of halogens is 12. The van der Waals surface area contributed by atoms with Crippen molar-refractivity contribution in [1.29, 1.82) is 0 Å². The van der Waals surface area contributed by atoms with Crippen LogP contribution in [0.3, 0.4) is 0 Å². The third kappa shape index (κ3) is 29.5. The van der Waals surface area contributed by atoms with Crippen LogP contribution in [-0.4, -0.2) is 53.7 Å². The fourth-order valence-electron chi connectivity index (χ4n) is 3.90. The summed E-state index contributed by atoms with van der Waals surface area (Å²) in [7, 11) is -21.3. The number of aromatic nitrogens is 6. The molecule has 0 bridgehead atoms. The molecule has 2 N–H and O–H groups in total. The van der Waals surface area contributed by atoms with E-state index in [-0.39, 0.29) is 36.7 Å². The van der Waals surface area contributed by atoms with Crippen LogP contribution in [0.4, 0.5) is 50.4 Å². The minimum Gasteiger partial charge on any atom is -0.412 e. The van der Waals surface area contributed by atoms with E-state index in [0.29, 0.717) is 34.9 Å². The molecule has 0 aliphatic heterocycles. The summed E-state index contributed by atoms with van der Waals surface area (Å²) in [6.45, 7) is 5.15. The number of carbonyl (C=O) groups is 2. The van der Waals surface area contributed by atoms with Gasteiger partial charge in [-0.25, -0.2) is 14.8 Å². The Morgan fingerprint density at radius 2 is 0.721 bits per heavy atom. The van der Waals surface area contributed by atoms with Gasteiger partial charge in [0.25, 0.3) is 0 Å². The molecule has 6 aromatic rings. The van der Waals surface area contributed by atoms with Gasteiger partial charge in [0, 0.05) is 24.8 Å². The maximum absolute atomic E-state index is 12.1. The topological polar surface area (TPSA) is 152 Å². The molecule has 6 rings (SSSR count). The third-order valence-corrected chi connectivity index (χ3v) is 5.79. The maximum Gasteiger partial charge on any atom is 2.00 e. The molecule has 6 aromatic heterocycles. The fraction of sp³-hybridized carbons (Fsp3) is 0.111. The molecule has 0 unspecified atom stereocenters. The van der Waals surface area contributed by atoms with Crippen molar-refractivity contribution in [2.45, 2.75) is 20.8 Å². The smallest absolute Gasteiger partial charge is 0.412 e. The molecule has 0 spiro atoms. The molecule has 0 aromatic carbocycles. The first-order valence-electron chi connectivity index (χ1n) is 16.3. The first kappa shape index (κ1) is 55.6. The summed E-state index contributed by atoms with van der Waals surface area (Å²) in [4.78, 5) is 47.9. The van der Waals surface area contributed by atoms with Crippen molar-refractivity contribution in [2.24, 2.45) is 0 Å². The molecular formula is C36H34F12N6O4P2Ru. The van der Waals surface area contributed by atoms with Crippen LogP contribution in [0, 0.1) is 0 Å². The van der Waals surface area contributed by atoms with Gasteiger partial charge >= 0.3 is 91.4 Å². The molecule has 0 aliphatic carbocycles. The van der Waals surface area contributed by atoms with E-state index in [9.17, 15) is 60.0 Å². The Labute approximate surface area is 352 Å². The van der Waals surface area contributed by atoms with Gasteiger partial charge in [-0.15, -0.1) is 0 Å². The molecular weight excluding hydrogens is 971 g/mol. The van der Waals surface area contributed by atoms with Crippen LogP contribution in [0.2, 0.25) is 0 Å². The zero-order valence-corrected chi connectivity index (χ0v) is 35.0. The molecule has 10 nitrogen and oxygen atoms in total. The second-order valence-electron chi connectivity index (χ2n) is 11.4. The van der Waals surface area contributed by atoms with Crippen LogP contribution in [0.1, 0.15) is 31.1 Å². The van der Waals surface area contributed by atoms with Crippen LogP contribution < -0.4 is 0 Å². The number of Topliss-reactive ketones (excluding diaryl/α,β-unsaturated/α-hetero) is 1. The third-order valence-electron chi connectivity index (χ3n) is 5.79. The van der Waals surface area contributed by atoms with Crippen LogP contribution in [0.25, 0.3) is 45.6 Å². The van der Waals surface area contributed by atoms with Gasteiger partial charge in [0.15, 0.2) is 0 Å². The van der Waals surface area contributed by atoms with E-state index in [1.54, 1.807) is 43.8 Å². The number of hydrogen-bond acceptors (Lipinski definition) is 9. The minimum absolute atomic E-state index is 0. The average molecular weight is 1010 g/mol. The van der Waals surface area contributed by atoms with Gasteiger partial charge in [0.2, 0.25) is 0 Å². The summed E-state index contributed by atoms with van der Waals surface area (Å²) in [5.74, 6) is -0.218. The van der Waals surface area contributed by atoms with Crippen molar-refractivity contribution in [1.82, 2.24) is 29.9 Å². The van der Waals surface area contributed by atoms with Crippen molar-refractivity contribution >= 4 is 27.4 Å². The fourth-order valence-corrected chi connectivity index (χ4v) is 3.90. The maximum atomic E-state index is 12.1. The van der Waals surface area contributed by atoms with Gasteiger partial charge in [-0.2, -0.15) is 0 Å². The van der Waals surface area contributed by atoms with E-state index in [0.717, 1.165) is 22.8 Å². The molecule has 0 saturated heterocycles. The number of ketones is 1. The second-order valence-corrected chi connectivity index (χ2v) is 15.3. The molecule has 0 fully saturated rings. The predicted octanol–water partition coefficient (Wildman–Crippen LogP) is 13.1. The van der Waals surface area contributed by atoms with Gasteiger partial charge in [0.1, 0.15) is 5.78 Å². The van der Waals surface area contributed by atoms with Crippen molar-refractivity contribution in [3.8, 4) is 45.6 Å². The first-order valence-corrected chi connectivity index (χ1v) is 20.3. The zero-order valence-electron chi connectivity index (χ0n) is 31.5. The number of nitrogens with zero attached hydrogens (tertiary/aromatic N) is 6. The number of hydrogen-bond donors (Lipinski definition) is 0. The van der Waals surface area contributed by atoms with Gasteiger partial charge in [0.05, 0.1) is 57.7 Å². The van der Waals surface area contributed by atoms with Gasteiger partial charge < -0.3 is 15.0 Å². The predicted molar refractivity (Wildman–Crippen MR) is 204 cm³/mol. The van der Waals surface area contributed by atoms with E-state index in [2.05, 4.69) is 29.9 Å². The van der Waals surface area contributed by atoms with Crippen LogP contribution in [0.15, 0.2) is 128 Å². The summed E-state index contributed by atoms with van der Waals surface area (Å²) in [6.07, 6.45) is 6.91. The Bertz CT molecular complexity index is 2130. The van der Waals surface area contributed by atoms with Crippen LogP contribution in [-0.2, 0) is 29.0 Å². The summed E-state index contributed by atoms with van der Waals surface area (Å²) in [5.41, 5.74) is 6.49. The number of esters is 1. The normalized spacial score (nSPS) is 12.6. The zero-order chi connectivity index (χ0) is 44.7. The first-order chi connectivity index (χ1) is 26.8. The standard InChI is InChI=1S/C18H15N3O2.C15H11N3.C3H6O.2F6P.H2O.Ru/c1-2-23-18(22)13-11-16(14-7-3-5-9-19-14)21-17(12-13)15-8-4-6-10-20-15;1-3-10-16-12(6-1)14-8-5-9-15(18-14)13-7-2-4-11-17-13;1-3(2)4;2*1-7(2,3,4,5)6;;/h3-12H,2H2,1H3;1-11H;1-2H3;;;1H2;/q;;;2*-1;;+2. The van der Waals surface area contributed by atoms with E-state index in [4.69, 9.17) is 4.74 Å². The van der Waals surface area contributed by atoms with E-state index < -0.39 is 15.6 Å². The Hall–Kier alpha value is -5.36. The van der Waals surface area contributed by atoms with Crippen molar-refractivity contribution in [3.05, 3.63) is 133 Å². The Morgan fingerprint density at radius 3 is 0.967 bits per heavy atom. The van der Waals surface area contributed by atoms with Gasteiger partial charge in [-0.3, -0.25) is 19.9 Å². The molecule has 25 heteroatoms. The molecule has 6 heterocycles. The molecule has 0 saturated carbocycles. The Balaban J connectivity index is 0.000000839. The largest absolute Gasteiger partial charge is 2.00 e. The van der Waals surface area contributed by atoms with Crippen molar-refractivity contribution in [3.63, 3.8) is 0 Å². The summed E-state index contributed by atoms with van der Waals surface area (Å²) in [5, 5.41) is 0. The molecule has 0 atom stereocenters. The summed E-state index contributed by atoms with van der Waals surface area (Å²) < 4.78 is 123. The van der Waals surface area contributed by atoms with Crippen molar-refractivity contribution in [2.75, 3.05) is 6.61 Å². The number of ether oxygens (including phenoxy) is 1. The summed E-state index contributed by atoms with van der Waals surface area (Å²) in [6, 6.07) is 32.0. The Morgan fingerprint density at radius 1 is 0.475 bits per heavy atom. The van der Waals surface area contributed by atoms with Crippen LogP contribution >= 0.6 is 15.6 Å². The molecule has 0 amide bonds. The van der Waals surface area contributed by atoms with E-state index in [1.165, 1.54) is 13.8 Å². The monoisotopic (exact) mass is 1010 g/mol. The summed E-state index contributed by atoms with van der Waals surface area (Å²) >= 11 is 0. The number of rotatable bonds is 6. The Kier molecular flexibility index (Phi) is 19.1. The van der Waals surface area contributed by atoms with Crippen molar-refractivity contribution < 1.29 is 89.6 Å². The molecule has 0 radical (unpaired) electrons. The second kappa shape index (κ2) is 20.9. The number of pyridine rings is 6. The van der Waals surface area contributed by atoms with E-state index in [1.807, 2.05) is 91.0 Å².